The second kappa shape index (κ2) is 5.73. The number of ether oxygens (including phenoxy) is 2. The van der Waals surface area contributed by atoms with E-state index < -0.39 is 0 Å². The summed E-state index contributed by atoms with van der Waals surface area (Å²) in [6.07, 6.45) is 0.266. The van der Waals surface area contributed by atoms with Gasteiger partial charge in [0, 0.05) is 19.0 Å². The van der Waals surface area contributed by atoms with Crippen LogP contribution in [0.5, 0.6) is 11.5 Å². The topological polar surface area (TPSA) is 73.6 Å². The van der Waals surface area contributed by atoms with Crippen molar-refractivity contribution in [1.82, 2.24) is 5.32 Å². The lowest BCUT2D eigenvalue weighted by Gasteiger charge is -2.30. The second-order valence-electron chi connectivity index (χ2n) is 4.37. The minimum Gasteiger partial charge on any atom is -0.486 e. The second-order valence-corrected chi connectivity index (χ2v) is 4.37. The molecule has 98 valence electrons. The molecule has 0 radical (unpaired) electrons. The van der Waals surface area contributed by atoms with Gasteiger partial charge in [-0.15, -0.1) is 0 Å². The molecule has 18 heavy (non-hydrogen) atoms. The van der Waals surface area contributed by atoms with Gasteiger partial charge in [0.15, 0.2) is 11.5 Å². The van der Waals surface area contributed by atoms with Gasteiger partial charge in [-0.05, 0) is 19.1 Å². The van der Waals surface area contributed by atoms with Gasteiger partial charge in [-0.2, -0.15) is 0 Å². The largest absolute Gasteiger partial charge is 0.486 e. The standard InChI is InChI=1S/C13H18N2O3/c1-9(15-7-6-13(14)16)12-8-17-10-4-2-3-5-11(10)18-12/h2-5,9,12,15H,6-8H2,1H3,(H2,14,16). The Hall–Kier alpha value is -1.75. The summed E-state index contributed by atoms with van der Waals surface area (Å²) in [5.74, 6) is 1.23. The average Bonchev–Trinajstić information content (AvgIpc) is 2.37. The van der Waals surface area contributed by atoms with Gasteiger partial charge in [-0.3, -0.25) is 4.79 Å². The number of carbonyl (C=O) groups is 1. The van der Waals surface area contributed by atoms with Crippen molar-refractivity contribution in [2.75, 3.05) is 13.2 Å². The summed E-state index contributed by atoms with van der Waals surface area (Å²) in [7, 11) is 0. The number of primary amides is 1. The number of para-hydroxylation sites is 2. The maximum absolute atomic E-state index is 10.6. The monoisotopic (exact) mass is 250 g/mol. The van der Waals surface area contributed by atoms with E-state index in [1.807, 2.05) is 31.2 Å². The summed E-state index contributed by atoms with van der Waals surface area (Å²) in [5, 5.41) is 3.21. The van der Waals surface area contributed by atoms with Crippen LogP contribution in [-0.4, -0.2) is 31.2 Å². The summed E-state index contributed by atoms with van der Waals surface area (Å²) in [4.78, 5) is 10.6. The maximum atomic E-state index is 10.6. The van der Waals surface area contributed by atoms with E-state index >= 15 is 0 Å². The van der Waals surface area contributed by atoms with Crippen LogP contribution in [0.2, 0.25) is 0 Å². The Kier molecular flexibility index (Phi) is 4.04. The third-order valence-corrected chi connectivity index (χ3v) is 2.93. The Morgan fingerprint density at radius 3 is 2.94 bits per heavy atom. The number of hydrogen-bond acceptors (Lipinski definition) is 4. The molecule has 1 aromatic rings. The van der Waals surface area contributed by atoms with Gasteiger partial charge in [-0.25, -0.2) is 0 Å². The Morgan fingerprint density at radius 2 is 2.22 bits per heavy atom. The molecule has 2 rings (SSSR count). The zero-order valence-corrected chi connectivity index (χ0v) is 10.4. The molecule has 1 heterocycles. The van der Waals surface area contributed by atoms with Crippen molar-refractivity contribution >= 4 is 5.91 Å². The van der Waals surface area contributed by atoms with Crippen LogP contribution in [0.15, 0.2) is 24.3 Å². The molecule has 0 saturated heterocycles. The number of nitrogens with one attached hydrogen (secondary N) is 1. The molecule has 0 bridgehead atoms. The molecule has 0 aliphatic carbocycles. The molecule has 1 aromatic carbocycles. The highest BCUT2D eigenvalue weighted by Crippen LogP contribution is 2.31. The number of rotatable bonds is 5. The number of amides is 1. The van der Waals surface area contributed by atoms with Crippen molar-refractivity contribution in [3.63, 3.8) is 0 Å². The quantitative estimate of drug-likeness (QED) is 0.806. The molecule has 1 aliphatic rings. The molecular formula is C13H18N2O3. The van der Waals surface area contributed by atoms with E-state index in [4.69, 9.17) is 15.2 Å². The number of carbonyl (C=O) groups excluding carboxylic acids is 1. The van der Waals surface area contributed by atoms with E-state index in [1.54, 1.807) is 0 Å². The van der Waals surface area contributed by atoms with E-state index in [1.165, 1.54) is 0 Å². The van der Waals surface area contributed by atoms with Gasteiger partial charge >= 0.3 is 0 Å². The van der Waals surface area contributed by atoms with E-state index in [2.05, 4.69) is 5.32 Å². The van der Waals surface area contributed by atoms with Crippen LogP contribution in [0.1, 0.15) is 13.3 Å². The lowest BCUT2D eigenvalue weighted by molar-refractivity contribution is -0.117. The fourth-order valence-electron chi connectivity index (χ4n) is 1.84. The molecule has 0 aromatic heterocycles. The van der Waals surface area contributed by atoms with Gasteiger partial charge in [0.25, 0.3) is 0 Å². The van der Waals surface area contributed by atoms with Crippen molar-refractivity contribution in [3.8, 4) is 11.5 Å². The van der Waals surface area contributed by atoms with Gasteiger partial charge in [0.05, 0.1) is 0 Å². The number of hydrogen-bond donors (Lipinski definition) is 2. The van der Waals surface area contributed by atoms with Crippen molar-refractivity contribution in [2.45, 2.75) is 25.5 Å². The Morgan fingerprint density at radius 1 is 1.50 bits per heavy atom. The van der Waals surface area contributed by atoms with Gasteiger partial charge in [0.1, 0.15) is 12.7 Å². The van der Waals surface area contributed by atoms with Gasteiger partial charge in [-0.1, -0.05) is 12.1 Å². The van der Waals surface area contributed by atoms with Crippen LogP contribution in [0, 0.1) is 0 Å². The highest BCUT2D eigenvalue weighted by atomic mass is 16.6. The molecule has 0 fully saturated rings. The normalized spacial score (nSPS) is 19.3. The molecule has 2 atom stereocenters. The third kappa shape index (κ3) is 3.13. The van der Waals surface area contributed by atoms with Crippen LogP contribution < -0.4 is 20.5 Å². The summed E-state index contributed by atoms with van der Waals surface area (Å²) < 4.78 is 11.5. The van der Waals surface area contributed by atoms with Crippen LogP contribution in [0.25, 0.3) is 0 Å². The fraction of sp³-hybridized carbons (Fsp3) is 0.462. The lowest BCUT2D eigenvalue weighted by atomic mass is 10.1. The molecular weight excluding hydrogens is 232 g/mol. The number of nitrogens with two attached hydrogens (primary N) is 1. The van der Waals surface area contributed by atoms with Crippen LogP contribution in [0.3, 0.4) is 0 Å². The van der Waals surface area contributed by atoms with E-state index in [0.29, 0.717) is 19.6 Å². The first-order valence-corrected chi connectivity index (χ1v) is 6.07. The Balaban J connectivity index is 1.86. The average molecular weight is 250 g/mol. The van der Waals surface area contributed by atoms with Crippen molar-refractivity contribution < 1.29 is 14.3 Å². The summed E-state index contributed by atoms with van der Waals surface area (Å²) >= 11 is 0. The third-order valence-electron chi connectivity index (χ3n) is 2.93. The predicted molar refractivity (Wildman–Crippen MR) is 67.6 cm³/mol. The van der Waals surface area contributed by atoms with Gasteiger partial charge < -0.3 is 20.5 Å². The zero-order valence-electron chi connectivity index (χ0n) is 10.4. The SMILES string of the molecule is CC(NCCC(N)=O)C1COc2ccccc2O1. The van der Waals surface area contributed by atoms with Crippen LogP contribution in [-0.2, 0) is 4.79 Å². The van der Waals surface area contributed by atoms with Gasteiger partial charge in [0.2, 0.25) is 5.91 Å². The summed E-state index contributed by atoms with van der Waals surface area (Å²) in [6.45, 7) is 3.06. The molecule has 0 saturated carbocycles. The van der Waals surface area contributed by atoms with Crippen LogP contribution in [0.4, 0.5) is 0 Å². The molecule has 5 nitrogen and oxygen atoms in total. The maximum Gasteiger partial charge on any atom is 0.218 e. The predicted octanol–water partition coefficient (Wildman–Crippen LogP) is 0.680. The summed E-state index contributed by atoms with van der Waals surface area (Å²) in [5.41, 5.74) is 5.09. The fourth-order valence-corrected chi connectivity index (χ4v) is 1.84. The van der Waals surface area contributed by atoms with Crippen molar-refractivity contribution in [3.05, 3.63) is 24.3 Å². The van der Waals surface area contributed by atoms with Crippen molar-refractivity contribution in [2.24, 2.45) is 5.73 Å². The Bertz CT molecular complexity index is 422. The van der Waals surface area contributed by atoms with E-state index in [0.717, 1.165) is 11.5 Å². The molecule has 1 aliphatic heterocycles. The zero-order chi connectivity index (χ0) is 13.0. The summed E-state index contributed by atoms with van der Waals surface area (Å²) in [6, 6.07) is 7.69. The van der Waals surface area contributed by atoms with Crippen molar-refractivity contribution in [1.29, 1.82) is 0 Å². The molecule has 5 heteroatoms. The minimum absolute atomic E-state index is 0.0622. The lowest BCUT2D eigenvalue weighted by Crippen LogP contribution is -2.46. The first kappa shape index (κ1) is 12.7. The first-order valence-electron chi connectivity index (χ1n) is 6.07. The molecule has 3 N–H and O–H groups in total. The molecule has 2 unspecified atom stereocenters. The van der Waals surface area contributed by atoms with E-state index in [9.17, 15) is 4.79 Å². The minimum atomic E-state index is -0.305. The smallest absolute Gasteiger partial charge is 0.218 e. The molecule has 0 spiro atoms. The van der Waals surface area contributed by atoms with Crippen LogP contribution >= 0.6 is 0 Å². The number of fused-ring (bicyclic) bond motifs is 1. The highest BCUT2D eigenvalue weighted by molar-refractivity contribution is 5.73. The number of benzene rings is 1. The molecule has 1 amide bonds. The first-order chi connectivity index (χ1) is 8.66. The highest BCUT2D eigenvalue weighted by Gasteiger charge is 2.25. The van der Waals surface area contributed by atoms with E-state index in [-0.39, 0.29) is 18.1 Å². The Labute approximate surface area is 106 Å².